The van der Waals surface area contributed by atoms with Crippen LogP contribution in [0.5, 0.6) is 0 Å². The average Bonchev–Trinajstić information content (AvgIpc) is 3.20. The van der Waals surface area contributed by atoms with Gasteiger partial charge in [-0.15, -0.1) is 0 Å². The Bertz CT molecular complexity index is 1280. The summed E-state index contributed by atoms with van der Waals surface area (Å²) in [4.78, 5) is 28.5. The predicted molar refractivity (Wildman–Crippen MR) is 133 cm³/mol. The molecule has 0 fully saturated rings. The lowest BCUT2D eigenvalue weighted by molar-refractivity contribution is -0.114. The van der Waals surface area contributed by atoms with Gasteiger partial charge in [-0.1, -0.05) is 42.5 Å². The van der Waals surface area contributed by atoms with E-state index in [0.29, 0.717) is 18.7 Å². The number of anilines is 1. The number of nitrogens with zero attached hydrogens (tertiary/aromatic N) is 2. The molecule has 0 atom stereocenters. The highest BCUT2D eigenvalue weighted by atomic mass is 16.5. The van der Waals surface area contributed by atoms with Gasteiger partial charge in [-0.05, 0) is 49.7 Å². The van der Waals surface area contributed by atoms with Crippen molar-refractivity contribution in [3.63, 3.8) is 0 Å². The van der Waals surface area contributed by atoms with E-state index in [9.17, 15) is 9.59 Å². The lowest BCUT2D eigenvalue weighted by atomic mass is 10.1. The van der Waals surface area contributed by atoms with Crippen LogP contribution in [0.15, 0.2) is 72.9 Å². The highest BCUT2D eigenvalue weighted by molar-refractivity contribution is 5.90. The van der Waals surface area contributed by atoms with Gasteiger partial charge in [0.15, 0.2) is 0 Å². The number of carbonyl (C=O) groups excluding carboxylic acids is 2. The first kappa shape index (κ1) is 23.2. The molecule has 34 heavy (non-hydrogen) atoms. The topological polar surface area (TPSA) is 84.7 Å². The highest BCUT2D eigenvalue weighted by Crippen LogP contribution is 2.26. The second-order valence-electron chi connectivity index (χ2n) is 7.94. The summed E-state index contributed by atoms with van der Waals surface area (Å²) in [5.74, 6) is -0.474. The molecule has 174 valence electrons. The summed E-state index contributed by atoms with van der Waals surface area (Å²) in [5, 5.41) is 6.30. The van der Waals surface area contributed by atoms with Crippen LogP contribution in [-0.4, -0.2) is 34.4 Å². The summed E-state index contributed by atoms with van der Waals surface area (Å²) < 4.78 is 7.12. The van der Waals surface area contributed by atoms with E-state index >= 15 is 0 Å². The number of imidazole rings is 1. The zero-order valence-electron chi connectivity index (χ0n) is 19.4. The molecule has 2 N–H and O–H groups in total. The molecule has 1 amide bonds. The van der Waals surface area contributed by atoms with Gasteiger partial charge in [0.05, 0.1) is 23.6 Å². The summed E-state index contributed by atoms with van der Waals surface area (Å²) in [6, 6.07) is 21.5. The number of carbonyl (C=O) groups is 2. The molecule has 0 bridgehead atoms. The van der Waals surface area contributed by atoms with Crippen LogP contribution < -0.4 is 10.6 Å². The van der Waals surface area contributed by atoms with Crippen LogP contribution in [0, 0.1) is 0 Å². The Labute approximate surface area is 198 Å². The summed E-state index contributed by atoms with van der Waals surface area (Å²) in [5.41, 5.74) is 5.91. The fourth-order valence-electron chi connectivity index (χ4n) is 3.83. The van der Waals surface area contributed by atoms with Crippen LogP contribution >= 0.6 is 0 Å². The van der Waals surface area contributed by atoms with Gasteiger partial charge >= 0.3 is 5.97 Å². The molecule has 0 unspecified atom stereocenters. The van der Waals surface area contributed by atoms with E-state index in [4.69, 9.17) is 9.72 Å². The van der Waals surface area contributed by atoms with Crippen molar-refractivity contribution in [2.24, 2.45) is 0 Å². The molecule has 7 heteroatoms. The van der Waals surface area contributed by atoms with Crippen molar-refractivity contribution < 1.29 is 14.3 Å². The van der Waals surface area contributed by atoms with Crippen LogP contribution in [0.4, 0.5) is 5.69 Å². The van der Waals surface area contributed by atoms with Gasteiger partial charge in [-0.2, -0.15) is 0 Å². The normalized spacial score (nSPS) is 10.9. The van der Waals surface area contributed by atoms with E-state index in [-0.39, 0.29) is 11.9 Å². The van der Waals surface area contributed by atoms with E-state index in [2.05, 4.69) is 22.8 Å². The van der Waals surface area contributed by atoms with Gasteiger partial charge in [0.2, 0.25) is 5.91 Å². The molecule has 7 nitrogen and oxygen atoms in total. The van der Waals surface area contributed by atoms with Crippen molar-refractivity contribution in [3.05, 3.63) is 89.7 Å². The molecule has 0 aliphatic carbocycles. The SMILES string of the molecule is CCOC(=O)c1ccc2nc(-c3ccc(NC(C)=O)cc3)c(CNCCc3ccccc3)n2c1. The molecule has 0 saturated carbocycles. The maximum atomic E-state index is 12.3. The third kappa shape index (κ3) is 5.50. The minimum absolute atomic E-state index is 0.115. The van der Waals surface area contributed by atoms with Crippen LogP contribution in [0.25, 0.3) is 16.9 Å². The monoisotopic (exact) mass is 456 g/mol. The largest absolute Gasteiger partial charge is 0.462 e. The van der Waals surface area contributed by atoms with Crippen molar-refractivity contribution in [3.8, 4) is 11.3 Å². The summed E-state index contributed by atoms with van der Waals surface area (Å²) >= 11 is 0. The number of fused-ring (bicyclic) bond motifs is 1. The molecule has 2 aromatic heterocycles. The average molecular weight is 457 g/mol. The Kier molecular flexibility index (Phi) is 7.34. The molecule has 0 saturated heterocycles. The van der Waals surface area contributed by atoms with E-state index in [1.165, 1.54) is 12.5 Å². The third-order valence-electron chi connectivity index (χ3n) is 5.43. The molecule has 2 heterocycles. The summed E-state index contributed by atoms with van der Waals surface area (Å²) in [6.45, 7) is 4.97. The van der Waals surface area contributed by atoms with Gasteiger partial charge in [0, 0.05) is 30.9 Å². The molecule has 4 rings (SSSR count). The Balaban J connectivity index is 1.64. The standard InChI is InChI=1S/C27H28N4O3/c1-3-34-27(33)22-11-14-25-30-26(21-9-12-23(13-10-21)29-19(2)32)24(31(25)18-22)17-28-16-15-20-7-5-4-6-8-20/h4-14,18,28H,3,15-17H2,1-2H3,(H,29,32). The van der Waals surface area contributed by atoms with E-state index < -0.39 is 0 Å². The summed E-state index contributed by atoms with van der Waals surface area (Å²) in [7, 11) is 0. The fraction of sp³-hybridized carbons (Fsp3) is 0.222. The molecule has 0 radical (unpaired) electrons. The number of hydrogen-bond donors (Lipinski definition) is 2. The van der Waals surface area contributed by atoms with Gasteiger partial charge in [-0.25, -0.2) is 9.78 Å². The number of benzene rings is 2. The molecule has 2 aromatic carbocycles. The minimum atomic E-state index is -0.359. The van der Waals surface area contributed by atoms with Crippen molar-refractivity contribution in [2.75, 3.05) is 18.5 Å². The Morgan fingerprint density at radius 2 is 1.76 bits per heavy atom. The number of hydrogen-bond acceptors (Lipinski definition) is 5. The number of amides is 1. The molecular formula is C27H28N4O3. The summed E-state index contributed by atoms with van der Waals surface area (Å²) in [6.07, 6.45) is 2.69. The smallest absolute Gasteiger partial charge is 0.339 e. The second-order valence-corrected chi connectivity index (χ2v) is 7.94. The van der Waals surface area contributed by atoms with E-state index in [1.54, 1.807) is 19.2 Å². The van der Waals surface area contributed by atoms with Crippen LogP contribution in [-0.2, 0) is 22.5 Å². The Morgan fingerprint density at radius 1 is 1.00 bits per heavy atom. The molecule has 0 aliphatic rings. The maximum absolute atomic E-state index is 12.3. The van der Waals surface area contributed by atoms with Crippen molar-refractivity contribution in [2.45, 2.75) is 26.8 Å². The number of pyridine rings is 1. The molecular weight excluding hydrogens is 428 g/mol. The lowest BCUT2D eigenvalue weighted by Crippen LogP contribution is -2.18. The molecule has 4 aromatic rings. The quantitative estimate of drug-likeness (QED) is 0.287. The first-order chi connectivity index (χ1) is 16.5. The second kappa shape index (κ2) is 10.8. The van der Waals surface area contributed by atoms with E-state index in [0.717, 1.165) is 41.3 Å². The lowest BCUT2D eigenvalue weighted by Gasteiger charge is -2.09. The van der Waals surface area contributed by atoms with Crippen LogP contribution in [0.2, 0.25) is 0 Å². The first-order valence-electron chi connectivity index (χ1n) is 11.4. The van der Waals surface area contributed by atoms with Crippen molar-refractivity contribution in [1.82, 2.24) is 14.7 Å². The number of aromatic nitrogens is 2. The van der Waals surface area contributed by atoms with Crippen molar-refractivity contribution >= 4 is 23.2 Å². The highest BCUT2D eigenvalue weighted by Gasteiger charge is 2.16. The van der Waals surface area contributed by atoms with E-state index in [1.807, 2.05) is 52.9 Å². The zero-order chi connectivity index (χ0) is 23.9. The predicted octanol–water partition coefficient (Wildman–Crippen LogP) is 4.47. The maximum Gasteiger partial charge on any atom is 0.339 e. The fourth-order valence-corrected chi connectivity index (χ4v) is 3.83. The minimum Gasteiger partial charge on any atom is -0.462 e. The molecule has 0 aliphatic heterocycles. The third-order valence-corrected chi connectivity index (χ3v) is 5.43. The Hall–Kier alpha value is -3.97. The van der Waals surface area contributed by atoms with Crippen LogP contribution in [0.1, 0.15) is 35.5 Å². The zero-order valence-corrected chi connectivity index (χ0v) is 19.4. The van der Waals surface area contributed by atoms with Gasteiger partial charge in [0.1, 0.15) is 5.65 Å². The number of esters is 1. The number of ether oxygens (including phenoxy) is 1. The van der Waals surface area contributed by atoms with Gasteiger partial charge in [0.25, 0.3) is 0 Å². The first-order valence-corrected chi connectivity index (χ1v) is 11.4. The number of rotatable bonds is 9. The Morgan fingerprint density at radius 3 is 2.47 bits per heavy atom. The van der Waals surface area contributed by atoms with Crippen molar-refractivity contribution in [1.29, 1.82) is 0 Å². The van der Waals surface area contributed by atoms with Gasteiger partial charge < -0.3 is 19.8 Å². The van der Waals surface area contributed by atoms with Gasteiger partial charge in [-0.3, -0.25) is 4.79 Å². The van der Waals surface area contributed by atoms with Crippen LogP contribution in [0.3, 0.4) is 0 Å². The molecule has 0 spiro atoms. The number of nitrogens with one attached hydrogen (secondary N) is 2.